The van der Waals surface area contributed by atoms with Crippen molar-refractivity contribution in [2.45, 2.75) is 12.3 Å². The molecule has 0 aliphatic carbocycles. The van der Waals surface area contributed by atoms with Crippen LogP contribution in [0.25, 0.3) is 0 Å². The summed E-state index contributed by atoms with van der Waals surface area (Å²) < 4.78 is 0. The molecule has 0 radical (unpaired) electrons. The number of aromatic amines is 1. The number of aliphatic imine (C=N–C) groups is 1. The molecule has 0 aromatic carbocycles. The lowest BCUT2D eigenvalue weighted by Gasteiger charge is -2.19. The third-order valence-corrected chi connectivity index (χ3v) is 2.91. The van der Waals surface area contributed by atoms with E-state index in [0.29, 0.717) is 17.9 Å². The lowest BCUT2D eigenvalue weighted by molar-refractivity contribution is 1.02. The van der Waals surface area contributed by atoms with Gasteiger partial charge in [-0.25, -0.2) is 4.98 Å². The lowest BCUT2D eigenvalue weighted by Crippen LogP contribution is -2.23. The maximum atomic E-state index is 11.0. The Morgan fingerprint density at radius 3 is 3.07 bits per heavy atom. The highest BCUT2D eigenvalue weighted by atomic mass is 35.5. The first kappa shape index (κ1) is 10.5. The van der Waals surface area contributed by atoms with Crippen molar-refractivity contribution in [2.75, 3.05) is 11.9 Å². The van der Waals surface area contributed by atoms with Gasteiger partial charge in [0.25, 0.3) is 5.56 Å². The van der Waals surface area contributed by atoms with Gasteiger partial charge in [-0.15, -0.1) is 0 Å². The van der Waals surface area contributed by atoms with E-state index in [0.717, 1.165) is 5.04 Å². The van der Waals surface area contributed by atoms with Gasteiger partial charge < -0.3 is 5.32 Å². The third kappa shape index (κ3) is 2.73. The zero-order valence-electron chi connectivity index (χ0n) is 7.95. The van der Waals surface area contributed by atoms with Crippen LogP contribution in [0.5, 0.6) is 0 Å². The smallest absolute Gasteiger partial charge is 0.253 e. The maximum Gasteiger partial charge on any atom is 0.253 e. The van der Waals surface area contributed by atoms with Crippen LogP contribution in [0, 0.1) is 0 Å². The first-order valence-corrected chi connectivity index (χ1v) is 5.63. The van der Waals surface area contributed by atoms with E-state index in [-0.39, 0.29) is 10.7 Å². The standard InChI is InChI=1S/C8H9ClN4OS/c1-4-11-7(15-4)3-10-8-12-5(9)2-6(14)13-8/h2,4H,3H2,1H3,(H2,10,12,13,14). The van der Waals surface area contributed by atoms with Crippen LogP contribution >= 0.6 is 23.4 Å². The van der Waals surface area contributed by atoms with Gasteiger partial charge in [-0.1, -0.05) is 23.4 Å². The molecule has 0 fully saturated rings. The number of anilines is 1. The van der Waals surface area contributed by atoms with Crippen molar-refractivity contribution in [3.05, 3.63) is 21.6 Å². The normalized spacial score (nSPS) is 19.3. The van der Waals surface area contributed by atoms with Crippen molar-refractivity contribution in [3.63, 3.8) is 0 Å². The molecule has 0 saturated carbocycles. The first-order chi connectivity index (χ1) is 7.13. The van der Waals surface area contributed by atoms with Gasteiger partial charge in [-0.2, -0.15) is 0 Å². The van der Waals surface area contributed by atoms with Crippen LogP contribution in [0.1, 0.15) is 6.92 Å². The van der Waals surface area contributed by atoms with E-state index in [4.69, 9.17) is 11.6 Å². The fourth-order valence-corrected chi connectivity index (χ4v) is 2.14. The summed E-state index contributed by atoms with van der Waals surface area (Å²) in [5.74, 6) is 0.371. The van der Waals surface area contributed by atoms with Crippen LogP contribution in [-0.4, -0.2) is 26.9 Å². The van der Waals surface area contributed by atoms with Crippen LogP contribution < -0.4 is 10.9 Å². The second-order valence-corrected chi connectivity index (χ2v) is 4.79. The fraction of sp³-hybridized carbons (Fsp3) is 0.375. The molecule has 5 nitrogen and oxygen atoms in total. The summed E-state index contributed by atoms with van der Waals surface area (Å²) in [5, 5.41) is 4.47. The molecule has 1 aromatic heterocycles. The SMILES string of the molecule is CC1N=C(CNc2nc(Cl)cc(=O)[nH]2)S1. The minimum atomic E-state index is -0.269. The Bertz CT molecular complexity index is 458. The molecule has 7 heteroatoms. The van der Waals surface area contributed by atoms with E-state index in [1.165, 1.54) is 6.07 Å². The van der Waals surface area contributed by atoms with Crippen LogP contribution in [-0.2, 0) is 0 Å². The molecule has 15 heavy (non-hydrogen) atoms. The second-order valence-electron chi connectivity index (χ2n) is 3.01. The Morgan fingerprint density at radius 2 is 2.47 bits per heavy atom. The van der Waals surface area contributed by atoms with Gasteiger partial charge in [0.1, 0.15) is 5.15 Å². The van der Waals surface area contributed by atoms with Crippen molar-refractivity contribution in [3.8, 4) is 0 Å². The summed E-state index contributed by atoms with van der Waals surface area (Å²) in [7, 11) is 0. The molecule has 1 unspecified atom stereocenters. The Morgan fingerprint density at radius 1 is 1.73 bits per heavy atom. The third-order valence-electron chi connectivity index (χ3n) is 1.75. The van der Waals surface area contributed by atoms with Crippen molar-refractivity contribution >= 4 is 34.4 Å². The van der Waals surface area contributed by atoms with E-state index < -0.39 is 0 Å². The maximum absolute atomic E-state index is 11.0. The topological polar surface area (TPSA) is 70.1 Å². The highest BCUT2D eigenvalue weighted by molar-refractivity contribution is 8.16. The Balaban J connectivity index is 1.99. The molecule has 1 atom stereocenters. The quantitative estimate of drug-likeness (QED) is 0.787. The minimum absolute atomic E-state index is 0.179. The molecular weight excluding hydrogens is 236 g/mol. The number of aromatic nitrogens is 2. The fourth-order valence-electron chi connectivity index (χ4n) is 1.17. The second kappa shape index (κ2) is 4.24. The molecule has 0 saturated heterocycles. The summed E-state index contributed by atoms with van der Waals surface area (Å²) in [6.07, 6.45) is 0. The van der Waals surface area contributed by atoms with E-state index in [9.17, 15) is 4.79 Å². The van der Waals surface area contributed by atoms with Crippen molar-refractivity contribution in [1.29, 1.82) is 0 Å². The predicted molar refractivity (Wildman–Crippen MR) is 62.8 cm³/mol. The minimum Gasteiger partial charge on any atom is -0.350 e. The Kier molecular flexibility index (Phi) is 2.97. The van der Waals surface area contributed by atoms with E-state index in [2.05, 4.69) is 20.3 Å². The molecule has 2 rings (SSSR count). The summed E-state index contributed by atoms with van der Waals surface area (Å²) in [6.45, 7) is 2.59. The van der Waals surface area contributed by atoms with Crippen LogP contribution in [0.2, 0.25) is 5.15 Å². The average molecular weight is 245 g/mol. The van der Waals surface area contributed by atoms with Crippen LogP contribution in [0.3, 0.4) is 0 Å². The van der Waals surface area contributed by atoms with Crippen LogP contribution in [0.15, 0.2) is 15.9 Å². The van der Waals surface area contributed by atoms with Gasteiger partial charge >= 0.3 is 0 Å². The van der Waals surface area contributed by atoms with E-state index in [1.54, 1.807) is 11.8 Å². The molecule has 0 bridgehead atoms. The van der Waals surface area contributed by atoms with Crippen molar-refractivity contribution in [2.24, 2.45) is 4.99 Å². The highest BCUT2D eigenvalue weighted by Gasteiger charge is 2.16. The summed E-state index contributed by atoms with van der Waals surface area (Å²) in [5.41, 5.74) is -0.269. The van der Waals surface area contributed by atoms with Crippen molar-refractivity contribution < 1.29 is 0 Å². The van der Waals surface area contributed by atoms with Gasteiger partial charge in [0.15, 0.2) is 0 Å². The molecule has 2 N–H and O–H groups in total. The lowest BCUT2D eigenvalue weighted by atomic mass is 10.6. The molecule has 0 spiro atoms. The zero-order chi connectivity index (χ0) is 10.8. The predicted octanol–water partition coefficient (Wildman–Crippen LogP) is 1.33. The number of hydrogen-bond acceptors (Lipinski definition) is 5. The van der Waals surface area contributed by atoms with Gasteiger partial charge in [0.2, 0.25) is 5.95 Å². The van der Waals surface area contributed by atoms with E-state index in [1.807, 2.05) is 6.92 Å². The van der Waals surface area contributed by atoms with Crippen LogP contribution in [0.4, 0.5) is 5.95 Å². The molecule has 0 amide bonds. The number of H-pyrrole nitrogens is 1. The van der Waals surface area contributed by atoms with Gasteiger partial charge in [-0.3, -0.25) is 14.8 Å². The number of thioether (sulfide) groups is 1. The van der Waals surface area contributed by atoms with Gasteiger partial charge in [0.05, 0.1) is 17.0 Å². The highest BCUT2D eigenvalue weighted by Crippen LogP contribution is 2.24. The molecule has 1 aliphatic heterocycles. The summed E-state index contributed by atoms with van der Waals surface area (Å²) in [4.78, 5) is 21.7. The molecule has 80 valence electrons. The number of nitrogens with one attached hydrogen (secondary N) is 2. The molecule has 1 aliphatic rings. The zero-order valence-corrected chi connectivity index (χ0v) is 9.52. The number of hydrogen-bond donors (Lipinski definition) is 2. The summed E-state index contributed by atoms with van der Waals surface area (Å²) >= 11 is 7.32. The monoisotopic (exact) mass is 244 g/mol. The number of nitrogens with zero attached hydrogens (tertiary/aromatic N) is 2. The molecular formula is C8H9ClN4OS. The van der Waals surface area contributed by atoms with Gasteiger partial charge in [0, 0.05) is 6.07 Å². The summed E-state index contributed by atoms with van der Waals surface area (Å²) in [6, 6.07) is 1.23. The van der Waals surface area contributed by atoms with Crippen molar-refractivity contribution in [1.82, 2.24) is 9.97 Å². The Hall–Kier alpha value is -1.01. The average Bonchev–Trinajstić information content (AvgIpc) is 2.09. The first-order valence-electron chi connectivity index (χ1n) is 4.37. The Labute approximate surface area is 95.4 Å². The van der Waals surface area contributed by atoms with Gasteiger partial charge in [-0.05, 0) is 6.92 Å². The largest absolute Gasteiger partial charge is 0.350 e. The molecule has 2 heterocycles. The number of halogens is 1. The molecule has 1 aromatic rings. The number of rotatable bonds is 3. The van der Waals surface area contributed by atoms with E-state index >= 15 is 0 Å².